The highest BCUT2D eigenvalue weighted by molar-refractivity contribution is 7.84. The Morgan fingerprint density at radius 2 is 0.933 bits per heavy atom. The van der Waals surface area contributed by atoms with E-state index in [1.165, 1.54) is 36.4 Å². The highest BCUT2D eigenvalue weighted by Crippen LogP contribution is 2.44. The van der Waals surface area contributed by atoms with E-state index in [2.05, 4.69) is 0 Å². The Bertz CT molecular complexity index is 903. The van der Waals surface area contributed by atoms with Crippen molar-refractivity contribution in [3.8, 4) is 0 Å². The fourth-order valence-corrected chi connectivity index (χ4v) is 6.07. The molecule has 0 radical (unpaired) electrons. The molecule has 2 nitrogen and oxygen atoms in total. The molecular formula is C24H22F3NOS. The summed E-state index contributed by atoms with van der Waals surface area (Å²) in [6, 6.07) is 17.6. The number of nitrogens with zero attached hydrogens (tertiary/aromatic N) is 1. The molecule has 0 saturated carbocycles. The number of halogens is 3. The Hall–Kier alpha value is -2.44. The highest BCUT2D eigenvalue weighted by Gasteiger charge is 2.45. The molecule has 0 aliphatic carbocycles. The van der Waals surface area contributed by atoms with Crippen molar-refractivity contribution in [3.63, 3.8) is 0 Å². The van der Waals surface area contributed by atoms with Crippen molar-refractivity contribution in [2.75, 3.05) is 13.1 Å². The van der Waals surface area contributed by atoms with Gasteiger partial charge in [0.05, 0.1) is 0 Å². The summed E-state index contributed by atoms with van der Waals surface area (Å²) in [6.07, 6.45) is 2.93. The number of rotatable bonds is 5. The lowest BCUT2D eigenvalue weighted by Gasteiger charge is -2.40. The average Bonchev–Trinajstić information content (AvgIpc) is 2.78. The smallest absolute Gasteiger partial charge is 0.135 e. The van der Waals surface area contributed by atoms with Crippen LogP contribution in [0.15, 0.2) is 72.8 Å². The molecule has 4 rings (SSSR count). The molecule has 1 saturated heterocycles. The van der Waals surface area contributed by atoms with Crippen LogP contribution >= 0.6 is 0 Å². The van der Waals surface area contributed by atoms with Gasteiger partial charge >= 0.3 is 0 Å². The Kier molecular flexibility index (Phi) is 6.06. The van der Waals surface area contributed by atoms with Gasteiger partial charge in [0.2, 0.25) is 0 Å². The molecule has 6 heteroatoms. The van der Waals surface area contributed by atoms with Crippen molar-refractivity contribution in [2.45, 2.75) is 24.0 Å². The fraction of sp³-hybridized carbons (Fsp3) is 0.250. The maximum absolute atomic E-state index is 14.2. The van der Waals surface area contributed by atoms with Gasteiger partial charge in [-0.05, 0) is 65.9 Å². The fourth-order valence-electron chi connectivity index (χ4n) is 4.08. The van der Waals surface area contributed by atoms with E-state index in [-0.39, 0.29) is 0 Å². The summed E-state index contributed by atoms with van der Waals surface area (Å²) in [5, 5.41) is 0. The van der Waals surface area contributed by atoms with Crippen LogP contribution in [0, 0.1) is 17.5 Å². The first-order valence-corrected chi connectivity index (χ1v) is 11.1. The predicted octanol–water partition coefficient (Wildman–Crippen LogP) is 5.55. The zero-order chi connectivity index (χ0) is 21.1. The van der Waals surface area contributed by atoms with Crippen LogP contribution < -0.4 is 0 Å². The van der Waals surface area contributed by atoms with Crippen molar-refractivity contribution < 1.29 is 17.4 Å². The van der Waals surface area contributed by atoms with E-state index in [0.717, 1.165) is 19.3 Å². The van der Waals surface area contributed by atoms with E-state index in [4.69, 9.17) is 0 Å². The SMILES string of the molecule is O=S(N1CCCCC1)C(c1ccc(F)cc1)(c1ccc(F)cc1)c1ccc(F)cc1. The number of hydrogen-bond donors (Lipinski definition) is 0. The molecule has 1 heterocycles. The first kappa shape index (κ1) is 20.8. The van der Waals surface area contributed by atoms with Crippen molar-refractivity contribution >= 4 is 11.0 Å². The normalized spacial score (nSPS) is 16.4. The predicted molar refractivity (Wildman–Crippen MR) is 113 cm³/mol. The van der Waals surface area contributed by atoms with Gasteiger partial charge in [-0.1, -0.05) is 42.8 Å². The molecule has 0 bridgehead atoms. The number of benzene rings is 3. The van der Waals surface area contributed by atoms with E-state index in [1.54, 1.807) is 36.4 Å². The molecule has 1 aliphatic rings. The van der Waals surface area contributed by atoms with E-state index >= 15 is 0 Å². The molecule has 1 unspecified atom stereocenters. The Morgan fingerprint density at radius 3 is 1.27 bits per heavy atom. The van der Waals surface area contributed by atoms with Gasteiger partial charge in [0, 0.05) is 13.1 Å². The van der Waals surface area contributed by atoms with Gasteiger partial charge in [-0.15, -0.1) is 0 Å². The maximum Gasteiger partial charge on any atom is 0.135 e. The molecule has 156 valence electrons. The van der Waals surface area contributed by atoms with Crippen molar-refractivity contribution in [1.82, 2.24) is 4.31 Å². The third kappa shape index (κ3) is 3.82. The van der Waals surface area contributed by atoms with E-state index in [1.807, 2.05) is 4.31 Å². The topological polar surface area (TPSA) is 20.3 Å². The number of hydrogen-bond acceptors (Lipinski definition) is 1. The van der Waals surface area contributed by atoms with Gasteiger partial charge in [-0.3, -0.25) is 0 Å². The lowest BCUT2D eigenvalue weighted by Crippen LogP contribution is -2.45. The first-order chi connectivity index (χ1) is 14.5. The minimum atomic E-state index is -1.61. The molecule has 1 atom stereocenters. The van der Waals surface area contributed by atoms with Gasteiger partial charge in [-0.25, -0.2) is 21.7 Å². The van der Waals surface area contributed by atoms with Crippen LogP contribution in [0.5, 0.6) is 0 Å². The van der Waals surface area contributed by atoms with E-state index < -0.39 is 33.2 Å². The van der Waals surface area contributed by atoms with Crippen LogP contribution in [0.2, 0.25) is 0 Å². The zero-order valence-corrected chi connectivity index (χ0v) is 17.2. The maximum atomic E-state index is 14.2. The summed E-state index contributed by atoms with van der Waals surface area (Å²) in [4.78, 5) is 0. The Balaban J connectivity index is 2.00. The molecule has 1 fully saturated rings. The lowest BCUT2D eigenvalue weighted by atomic mass is 9.84. The van der Waals surface area contributed by atoms with Crippen LogP contribution in [-0.2, 0) is 15.7 Å². The summed E-state index contributed by atoms with van der Waals surface area (Å²) in [5.41, 5.74) is 1.81. The second-order valence-electron chi connectivity index (χ2n) is 7.44. The average molecular weight is 430 g/mol. The Morgan fingerprint density at radius 1 is 0.600 bits per heavy atom. The molecule has 0 spiro atoms. The van der Waals surface area contributed by atoms with Crippen LogP contribution in [0.25, 0.3) is 0 Å². The van der Waals surface area contributed by atoms with Gasteiger partial charge in [0.15, 0.2) is 0 Å². The number of piperidine rings is 1. The third-order valence-electron chi connectivity index (χ3n) is 5.56. The van der Waals surface area contributed by atoms with Crippen molar-refractivity contribution in [3.05, 3.63) is 107 Å². The second kappa shape index (κ2) is 8.74. The van der Waals surface area contributed by atoms with Crippen LogP contribution in [0.1, 0.15) is 36.0 Å². The molecule has 1 aliphatic heterocycles. The van der Waals surface area contributed by atoms with Gasteiger partial charge in [0.25, 0.3) is 0 Å². The summed E-state index contributed by atoms with van der Waals surface area (Å²) >= 11 is 0. The van der Waals surface area contributed by atoms with Crippen LogP contribution in [0.4, 0.5) is 13.2 Å². The Labute approximate surface area is 176 Å². The van der Waals surface area contributed by atoms with Crippen LogP contribution in [-0.4, -0.2) is 21.6 Å². The summed E-state index contributed by atoms with van der Waals surface area (Å²) < 4.78 is 56.2. The summed E-state index contributed by atoms with van der Waals surface area (Å²) in [6.45, 7) is 1.33. The summed E-state index contributed by atoms with van der Waals surface area (Å²) in [5.74, 6) is -1.22. The molecule has 3 aromatic carbocycles. The molecule has 0 amide bonds. The molecule has 30 heavy (non-hydrogen) atoms. The molecular weight excluding hydrogens is 407 g/mol. The quantitative estimate of drug-likeness (QED) is 0.487. The first-order valence-electron chi connectivity index (χ1n) is 9.97. The minimum Gasteiger partial charge on any atom is -0.241 e. The van der Waals surface area contributed by atoms with Gasteiger partial charge < -0.3 is 0 Å². The minimum absolute atomic E-state index is 0.408. The van der Waals surface area contributed by atoms with E-state index in [0.29, 0.717) is 29.8 Å². The van der Waals surface area contributed by atoms with E-state index in [9.17, 15) is 17.4 Å². The second-order valence-corrected chi connectivity index (χ2v) is 9.07. The third-order valence-corrected chi connectivity index (χ3v) is 7.63. The molecule has 0 aromatic heterocycles. The monoisotopic (exact) mass is 429 g/mol. The lowest BCUT2D eigenvalue weighted by molar-refractivity contribution is 0.360. The van der Waals surface area contributed by atoms with Crippen molar-refractivity contribution in [2.24, 2.45) is 0 Å². The van der Waals surface area contributed by atoms with Crippen molar-refractivity contribution in [1.29, 1.82) is 0 Å². The largest absolute Gasteiger partial charge is 0.241 e. The highest BCUT2D eigenvalue weighted by atomic mass is 32.2. The van der Waals surface area contributed by atoms with Crippen LogP contribution in [0.3, 0.4) is 0 Å². The summed E-state index contributed by atoms with van der Waals surface area (Å²) in [7, 11) is -1.61. The van der Waals surface area contributed by atoms with Gasteiger partial charge in [0.1, 0.15) is 33.2 Å². The molecule has 0 N–H and O–H groups in total. The zero-order valence-electron chi connectivity index (χ0n) is 16.4. The van der Waals surface area contributed by atoms with Gasteiger partial charge in [-0.2, -0.15) is 0 Å². The standard InChI is InChI=1S/C24H22F3NOS/c25-21-10-4-18(5-11-21)24(19-6-12-22(26)13-7-19,20-8-14-23(27)15-9-20)30(29)28-16-2-1-3-17-28/h4-15H,1-3,16-17H2. The molecule has 3 aromatic rings.